The smallest absolute Gasteiger partial charge is 0.248 e. The molecule has 0 saturated carbocycles. The molecule has 2 aromatic rings. The fraction of sp³-hybridized carbons (Fsp3) is 0.211. The van der Waals surface area contributed by atoms with Gasteiger partial charge in [-0.25, -0.2) is 0 Å². The molecule has 6 nitrogen and oxygen atoms in total. The minimum absolute atomic E-state index is 0.309. The second-order valence-electron chi connectivity index (χ2n) is 4.97. The summed E-state index contributed by atoms with van der Waals surface area (Å²) in [6.07, 6.45) is 3.05. The molecule has 0 spiro atoms. The molecule has 0 aliphatic rings. The van der Waals surface area contributed by atoms with Gasteiger partial charge in [0.05, 0.1) is 39.7 Å². The Labute approximate surface area is 147 Å². The maximum Gasteiger partial charge on any atom is 0.248 e. The minimum Gasteiger partial charge on any atom is -0.497 e. The highest BCUT2D eigenvalue weighted by Gasteiger charge is 2.09. The van der Waals surface area contributed by atoms with Crippen LogP contribution < -0.4 is 24.3 Å². The molecule has 0 aliphatic heterocycles. The summed E-state index contributed by atoms with van der Waals surface area (Å²) in [6.45, 7) is 0. The van der Waals surface area contributed by atoms with Crippen molar-refractivity contribution in [2.75, 3.05) is 33.8 Å². The van der Waals surface area contributed by atoms with Gasteiger partial charge in [-0.05, 0) is 30.3 Å². The third kappa shape index (κ3) is 4.44. The highest BCUT2D eigenvalue weighted by Crippen LogP contribution is 2.30. The number of methoxy groups -OCH3 is 4. The quantitative estimate of drug-likeness (QED) is 0.781. The lowest BCUT2D eigenvalue weighted by atomic mass is 10.1. The van der Waals surface area contributed by atoms with Crippen molar-refractivity contribution in [2.45, 2.75) is 0 Å². The SMILES string of the molecule is COc1ccc(NC(=O)/C=C/c2c(OC)cccc2OC)c(OC)c1. The number of ether oxygens (including phenoxy) is 4. The van der Waals surface area contributed by atoms with Crippen LogP contribution in [0.2, 0.25) is 0 Å². The highest BCUT2D eigenvalue weighted by molar-refractivity contribution is 6.03. The van der Waals surface area contributed by atoms with Gasteiger partial charge < -0.3 is 24.3 Å². The lowest BCUT2D eigenvalue weighted by Gasteiger charge is -2.11. The summed E-state index contributed by atoms with van der Waals surface area (Å²) < 4.78 is 21.0. The number of hydrogen-bond acceptors (Lipinski definition) is 5. The first-order valence-electron chi connectivity index (χ1n) is 7.55. The van der Waals surface area contributed by atoms with Gasteiger partial charge in [0.2, 0.25) is 5.91 Å². The zero-order chi connectivity index (χ0) is 18.2. The van der Waals surface area contributed by atoms with Crippen molar-refractivity contribution in [1.29, 1.82) is 0 Å². The molecule has 132 valence electrons. The normalized spacial score (nSPS) is 10.4. The van der Waals surface area contributed by atoms with Gasteiger partial charge in [0.25, 0.3) is 0 Å². The van der Waals surface area contributed by atoms with Crippen molar-refractivity contribution in [3.63, 3.8) is 0 Å². The molecular weight excluding hydrogens is 322 g/mol. The summed E-state index contributed by atoms with van der Waals surface area (Å²) in [4.78, 5) is 12.2. The Morgan fingerprint density at radius 1 is 0.880 bits per heavy atom. The first-order chi connectivity index (χ1) is 12.1. The first-order valence-corrected chi connectivity index (χ1v) is 7.55. The zero-order valence-electron chi connectivity index (χ0n) is 14.7. The Morgan fingerprint density at radius 3 is 2.08 bits per heavy atom. The Bertz CT molecular complexity index is 748. The van der Waals surface area contributed by atoms with Crippen LogP contribution in [0.5, 0.6) is 23.0 Å². The minimum atomic E-state index is -0.309. The molecule has 0 saturated heterocycles. The van der Waals surface area contributed by atoms with Crippen LogP contribution in [0.3, 0.4) is 0 Å². The first kappa shape index (κ1) is 18.2. The summed E-state index contributed by atoms with van der Waals surface area (Å²) in [5.41, 5.74) is 1.23. The molecule has 6 heteroatoms. The molecule has 0 radical (unpaired) electrons. The summed E-state index contributed by atoms with van der Waals surface area (Å²) in [5.74, 6) is 2.08. The summed E-state index contributed by atoms with van der Waals surface area (Å²) in [7, 11) is 6.22. The van der Waals surface area contributed by atoms with Crippen molar-refractivity contribution in [3.8, 4) is 23.0 Å². The van der Waals surface area contributed by atoms with Crippen molar-refractivity contribution in [1.82, 2.24) is 0 Å². The van der Waals surface area contributed by atoms with Crippen LogP contribution in [0.15, 0.2) is 42.5 Å². The van der Waals surface area contributed by atoms with Gasteiger partial charge in [-0.3, -0.25) is 4.79 Å². The van der Waals surface area contributed by atoms with Gasteiger partial charge in [0.15, 0.2) is 0 Å². The fourth-order valence-corrected chi connectivity index (χ4v) is 2.28. The monoisotopic (exact) mass is 343 g/mol. The van der Waals surface area contributed by atoms with Crippen LogP contribution in [0.4, 0.5) is 5.69 Å². The van der Waals surface area contributed by atoms with E-state index >= 15 is 0 Å². The van der Waals surface area contributed by atoms with E-state index in [0.29, 0.717) is 34.2 Å². The lowest BCUT2D eigenvalue weighted by molar-refractivity contribution is -0.111. The van der Waals surface area contributed by atoms with E-state index in [1.807, 2.05) is 6.07 Å². The van der Waals surface area contributed by atoms with Gasteiger partial charge in [0.1, 0.15) is 23.0 Å². The molecule has 0 bridgehead atoms. The predicted octanol–water partition coefficient (Wildman–Crippen LogP) is 3.37. The van der Waals surface area contributed by atoms with Gasteiger partial charge >= 0.3 is 0 Å². The molecule has 0 heterocycles. The largest absolute Gasteiger partial charge is 0.497 e. The van der Waals surface area contributed by atoms with Crippen molar-refractivity contribution >= 4 is 17.7 Å². The second-order valence-corrected chi connectivity index (χ2v) is 4.97. The van der Waals surface area contributed by atoms with Gasteiger partial charge in [-0.15, -0.1) is 0 Å². The van der Waals surface area contributed by atoms with E-state index in [-0.39, 0.29) is 5.91 Å². The van der Waals surface area contributed by atoms with Crippen LogP contribution in [0, 0.1) is 0 Å². The average Bonchev–Trinajstić information content (AvgIpc) is 2.66. The molecule has 1 amide bonds. The molecule has 0 fully saturated rings. The van der Waals surface area contributed by atoms with Crippen LogP contribution >= 0.6 is 0 Å². The van der Waals surface area contributed by atoms with E-state index in [0.717, 1.165) is 0 Å². The second kappa shape index (κ2) is 8.63. The lowest BCUT2D eigenvalue weighted by Crippen LogP contribution is -2.09. The number of amides is 1. The number of benzene rings is 2. The Kier molecular flexibility index (Phi) is 6.28. The van der Waals surface area contributed by atoms with Gasteiger partial charge in [-0.2, -0.15) is 0 Å². The van der Waals surface area contributed by atoms with Gasteiger partial charge in [0, 0.05) is 12.1 Å². The summed E-state index contributed by atoms with van der Waals surface area (Å²) in [5, 5.41) is 2.77. The van der Waals surface area contributed by atoms with E-state index in [1.54, 1.807) is 57.7 Å². The molecule has 2 aromatic carbocycles. The molecule has 1 N–H and O–H groups in total. The number of carbonyl (C=O) groups excluding carboxylic acids is 1. The highest BCUT2D eigenvalue weighted by atomic mass is 16.5. The number of anilines is 1. The molecule has 25 heavy (non-hydrogen) atoms. The van der Waals surface area contributed by atoms with Gasteiger partial charge in [-0.1, -0.05) is 6.07 Å². The Morgan fingerprint density at radius 2 is 1.52 bits per heavy atom. The van der Waals surface area contributed by atoms with Crippen LogP contribution in [0.25, 0.3) is 6.08 Å². The predicted molar refractivity (Wildman–Crippen MR) is 96.8 cm³/mol. The fourth-order valence-electron chi connectivity index (χ4n) is 2.28. The molecule has 2 rings (SSSR count). The molecule has 0 unspecified atom stereocenters. The van der Waals surface area contributed by atoms with Crippen molar-refractivity contribution in [3.05, 3.63) is 48.0 Å². The molecular formula is C19H21NO5. The van der Waals surface area contributed by atoms with E-state index in [9.17, 15) is 4.79 Å². The van der Waals surface area contributed by atoms with E-state index in [2.05, 4.69) is 5.32 Å². The number of nitrogens with one attached hydrogen (secondary N) is 1. The van der Waals surface area contributed by atoms with Crippen LogP contribution in [0.1, 0.15) is 5.56 Å². The number of carbonyl (C=O) groups is 1. The molecule has 0 aromatic heterocycles. The maximum atomic E-state index is 12.2. The molecule has 0 aliphatic carbocycles. The summed E-state index contributed by atoms with van der Waals surface area (Å²) in [6, 6.07) is 10.6. The Balaban J connectivity index is 2.20. The molecule has 0 atom stereocenters. The van der Waals surface area contributed by atoms with Crippen LogP contribution in [-0.2, 0) is 4.79 Å². The standard InChI is InChI=1S/C19H21NO5/c1-22-13-8-10-15(18(12-13)25-4)20-19(21)11-9-14-16(23-2)6-5-7-17(14)24-3/h5-12H,1-4H3,(H,20,21)/b11-9+. The van der Waals surface area contributed by atoms with Crippen molar-refractivity contribution < 1.29 is 23.7 Å². The van der Waals surface area contributed by atoms with Crippen molar-refractivity contribution in [2.24, 2.45) is 0 Å². The third-order valence-electron chi connectivity index (χ3n) is 3.53. The topological polar surface area (TPSA) is 66.0 Å². The summed E-state index contributed by atoms with van der Waals surface area (Å²) >= 11 is 0. The van der Waals surface area contributed by atoms with Crippen LogP contribution in [-0.4, -0.2) is 34.3 Å². The maximum absolute atomic E-state index is 12.2. The van der Waals surface area contributed by atoms with E-state index in [1.165, 1.54) is 13.2 Å². The number of hydrogen-bond donors (Lipinski definition) is 1. The average molecular weight is 343 g/mol. The Hall–Kier alpha value is -3.15. The van der Waals surface area contributed by atoms with E-state index < -0.39 is 0 Å². The third-order valence-corrected chi connectivity index (χ3v) is 3.53. The number of rotatable bonds is 7. The van der Waals surface area contributed by atoms with E-state index in [4.69, 9.17) is 18.9 Å². The zero-order valence-corrected chi connectivity index (χ0v) is 14.7.